The van der Waals surface area contributed by atoms with Gasteiger partial charge < -0.3 is 45.4 Å². The normalized spacial score (nSPS) is 17.1. The highest BCUT2D eigenvalue weighted by Crippen LogP contribution is 2.34. The number of halogens is 7. The third-order valence-electron chi connectivity index (χ3n) is 23.6. The van der Waals surface area contributed by atoms with Crippen molar-refractivity contribution in [2.45, 2.75) is 209 Å². The van der Waals surface area contributed by atoms with Gasteiger partial charge in [-0.3, -0.25) is 43.4 Å². The quantitative estimate of drug-likeness (QED) is 0.0292. The molecule has 4 aliphatic heterocycles. The van der Waals surface area contributed by atoms with Crippen LogP contribution in [0.15, 0.2) is 138 Å². The SMILES string of the molecule is CC(C)C(=O)[C@@H](CN1CCC(N(C)C)CC1)c1ccc(Cl)cc1.CC(C)C(=O)[C@@H](CN1CCNC(=O)C1)c1ccc(Cl)cc1.CC(C)C(=O)[C@@H](CN1CC[C@@H](O)C1)c1ccc(Cl)cc1.CC(C)C(=O)[C@H](CN1CCC(N(C)C)CC1)c1ccc(Cl)cc1.CC(C)NC[C@@H](C(=O)C(C)C)c1cc(F)cc(Cl)c1.COc1ccc([C@@H](CNC(C)C)C(=O)C(C)C)cc1Br. The molecule has 0 aromatic heterocycles. The molecule has 4 saturated heterocycles. The largest absolute Gasteiger partial charge is 0.496 e. The van der Waals surface area contributed by atoms with Crippen LogP contribution in [0.3, 0.4) is 0 Å². The molecule has 10 rings (SSSR count). The van der Waals surface area contributed by atoms with E-state index in [1.807, 2.05) is 205 Å². The summed E-state index contributed by atoms with van der Waals surface area (Å²) < 4.78 is 19.6. The number of benzene rings is 6. The van der Waals surface area contributed by atoms with Gasteiger partial charge >= 0.3 is 0 Å². The summed E-state index contributed by atoms with van der Waals surface area (Å²) in [6.45, 7) is 43.0. The van der Waals surface area contributed by atoms with E-state index in [1.54, 1.807) is 25.3 Å². The number of Topliss-reactive ketones (excluding diaryl/α,β-unsaturated/α-hetero) is 6. The number of aliphatic hydroxyl groups is 1. The van der Waals surface area contributed by atoms with Crippen molar-refractivity contribution < 1.29 is 47.8 Å². The number of nitrogens with zero attached hydrogens (tertiary/aromatic N) is 6. The maximum atomic E-state index is 13.4. The summed E-state index contributed by atoms with van der Waals surface area (Å²) in [4.78, 5) is 100. The molecule has 4 heterocycles. The van der Waals surface area contributed by atoms with Crippen LogP contribution in [0.1, 0.15) is 212 Å². The summed E-state index contributed by atoms with van der Waals surface area (Å²) in [5.74, 6) is 0.870. The molecular weight excluding hydrogens is 1760 g/mol. The highest BCUT2D eigenvalue weighted by molar-refractivity contribution is 9.10. The van der Waals surface area contributed by atoms with Gasteiger partial charge in [-0.2, -0.15) is 0 Å². The van der Waals surface area contributed by atoms with Gasteiger partial charge in [0.25, 0.3) is 0 Å². The number of ketones is 6. The number of hydrogen-bond acceptors (Lipinski definition) is 17. The minimum atomic E-state index is -0.409. The van der Waals surface area contributed by atoms with Gasteiger partial charge in [-0.05, 0) is 215 Å². The van der Waals surface area contributed by atoms with Crippen molar-refractivity contribution in [1.29, 1.82) is 0 Å². The molecular formula is C101H146BrCl5FN9O9. The fourth-order valence-corrected chi connectivity index (χ4v) is 17.2. The molecule has 126 heavy (non-hydrogen) atoms. The van der Waals surface area contributed by atoms with Gasteiger partial charge in [-0.25, -0.2) is 4.39 Å². The molecule has 4 N–H and O–H groups in total. The molecule has 0 unspecified atom stereocenters. The molecule has 0 radical (unpaired) electrons. The maximum Gasteiger partial charge on any atom is 0.234 e. The fourth-order valence-electron chi connectivity index (χ4n) is 15.9. The summed E-state index contributed by atoms with van der Waals surface area (Å²) in [5.41, 5.74) is 5.80. The summed E-state index contributed by atoms with van der Waals surface area (Å²) in [7, 11) is 10.2. The number of methoxy groups -OCH3 is 1. The van der Waals surface area contributed by atoms with Gasteiger partial charge in [-0.15, -0.1) is 0 Å². The number of hydrogen-bond donors (Lipinski definition) is 4. The first-order chi connectivity index (χ1) is 59.4. The Morgan fingerprint density at radius 3 is 1.02 bits per heavy atom. The first-order valence-electron chi connectivity index (χ1n) is 45.1. The van der Waals surface area contributed by atoms with E-state index in [0.717, 1.165) is 107 Å². The molecule has 4 fully saturated rings. The van der Waals surface area contributed by atoms with Crippen molar-refractivity contribution in [3.8, 4) is 5.75 Å². The van der Waals surface area contributed by atoms with Crippen LogP contribution < -0.4 is 20.7 Å². The molecule has 18 nitrogen and oxygen atoms in total. The van der Waals surface area contributed by atoms with Gasteiger partial charge in [0.1, 0.15) is 46.3 Å². The number of ether oxygens (including phenoxy) is 1. The lowest BCUT2D eigenvalue weighted by molar-refractivity contribution is -0.127. The van der Waals surface area contributed by atoms with Crippen LogP contribution in [0.2, 0.25) is 25.1 Å². The number of carbonyl (C=O) groups is 7. The lowest BCUT2D eigenvalue weighted by Crippen LogP contribution is -2.49. The number of β-amino-alcohol motifs (C(OH)–C–C–N with tert-alkyl or cyclic N) is 1. The van der Waals surface area contributed by atoms with Crippen LogP contribution in [0.5, 0.6) is 5.75 Å². The van der Waals surface area contributed by atoms with E-state index in [4.69, 9.17) is 62.7 Å². The number of amides is 1. The minimum absolute atomic E-state index is 0.00297. The van der Waals surface area contributed by atoms with Crippen molar-refractivity contribution in [2.75, 3.05) is 133 Å². The predicted molar refractivity (Wildman–Crippen MR) is 523 cm³/mol. The Bertz CT molecular complexity index is 4180. The molecule has 6 aromatic carbocycles. The second-order valence-electron chi connectivity index (χ2n) is 36.9. The summed E-state index contributed by atoms with van der Waals surface area (Å²) in [6.07, 6.45) is 5.25. The monoisotopic (exact) mass is 1900 g/mol. The third-order valence-corrected chi connectivity index (χ3v) is 25.4. The zero-order chi connectivity index (χ0) is 93.9. The molecule has 0 spiro atoms. The number of rotatable bonds is 35. The number of carbonyl (C=O) groups excluding carboxylic acids is 7. The average Bonchev–Trinajstić information content (AvgIpc) is 1.14. The zero-order valence-electron chi connectivity index (χ0n) is 78.7. The lowest BCUT2D eigenvalue weighted by atomic mass is 9.87. The lowest BCUT2D eigenvalue weighted by Gasteiger charge is -2.36. The topological polar surface area (TPSA) is 204 Å². The smallest absolute Gasteiger partial charge is 0.234 e. The Hall–Kier alpha value is -5.89. The van der Waals surface area contributed by atoms with E-state index >= 15 is 0 Å². The highest BCUT2D eigenvalue weighted by atomic mass is 79.9. The third kappa shape index (κ3) is 38.1. The van der Waals surface area contributed by atoms with Crippen LogP contribution >= 0.6 is 73.9 Å². The number of piperazine rings is 1. The van der Waals surface area contributed by atoms with Crippen molar-refractivity contribution >= 4 is 115 Å². The Labute approximate surface area is 787 Å². The van der Waals surface area contributed by atoms with Crippen molar-refractivity contribution in [1.82, 2.24) is 45.3 Å². The van der Waals surface area contributed by atoms with Crippen molar-refractivity contribution in [2.24, 2.45) is 35.5 Å². The van der Waals surface area contributed by atoms with Gasteiger partial charge in [-0.1, -0.05) is 223 Å². The fraction of sp³-hybridized carbons (Fsp3) is 0.574. The molecule has 7 atom stereocenters. The molecule has 4 aliphatic rings. The second-order valence-corrected chi connectivity index (χ2v) is 39.9. The molecule has 0 saturated carbocycles. The van der Waals surface area contributed by atoms with Crippen LogP contribution in [-0.2, 0) is 33.6 Å². The van der Waals surface area contributed by atoms with E-state index in [9.17, 15) is 43.1 Å². The molecule has 698 valence electrons. The Morgan fingerprint density at radius 2 is 0.730 bits per heavy atom. The highest BCUT2D eigenvalue weighted by Gasteiger charge is 2.35. The zero-order valence-corrected chi connectivity index (χ0v) is 84.1. The predicted octanol–water partition coefficient (Wildman–Crippen LogP) is 19.7. The second kappa shape index (κ2) is 56.1. The van der Waals surface area contributed by atoms with E-state index in [2.05, 4.69) is 98.4 Å². The van der Waals surface area contributed by atoms with E-state index in [0.29, 0.717) is 96.1 Å². The number of aliphatic hydroxyl groups excluding tert-OH is 1. The van der Waals surface area contributed by atoms with Crippen molar-refractivity contribution in [3.05, 3.63) is 202 Å². The van der Waals surface area contributed by atoms with Crippen LogP contribution in [0.4, 0.5) is 4.39 Å². The number of piperidine rings is 2. The Morgan fingerprint density at radius 1 is 0.421 bits per heavy atom. The molecule has 0 aliphatic carbocycles. The van der Waals surface area contributed by atoms with Crippen LogP contribution in [0, 0.1) is 41.3 Å². The van der Waals surface area contributed by atoms with Gasteiger partial charge in [0.15, 0.2) is 0 Å². The summed E-state index contributed by atoms with van der Waals surface area (Å²) in [6, 6.07) is 42.6. The van der Waals surface area contributed by atoms with E-state index in [-0.39, 0.29) is 112 Å². The first-order valence-corrected chi connectivity index (χ1v) is 47.7. The van der Waals surface area contributed by atoms with E-state index in [1.165, 1.54) is 37.8 Å². The molecule has 25 heteroatoms. The minimum Gasteiger partial charge on any atom is -0.496 e. The van der Waals surface area contributed by atoms with Gasteiger partial charge in [0.05, 0.1) is 59.7 Å². The van der Waals surface area contributed by atoms with Crippen LogP contribution in [-0.4, -0.2) is 239 Å². The average molecular weight is 1910 g/mol. The Balaban J connectivity index is 0.000000269. The number of nitrogens with one attached hydrogen (secondary N) is 3. The number of likely N-dealkylation sites (tertiary alicyclic amines) is 3. The van der Waals surface area contributed by atoms with Gasteiger partial charge in [0.2, 0.25) is 5.91 Å². The molecule has 0 bridgehead atoms. The molecule has 6 aromatic rings. The first kappa shape index (κ1) is 111. The molecule has 1 amide bonds. The van der Waals surface area contributed by atoms with Crippen LogP contribution in [0.25, 0.3) is 0 Å². The Kier molecular flexibility index (Phi) is 49.2. The standard InChI is InChI=1S/2C19H29ClN2O.C16H24BrNO2.C16H21ClN2O2.C16H22ClNO2.C15H21ClFNO/c2*1-14(2)19(23)18(15-5-7-16(20)8-6-15)13-22-11-9-17(10-12-22)21(3)4;1-10(2)16(19)13(9-18-11(3)4)12-6-7-15(20-5)14(17)8-12;1-11(2)16(21)14(12-3-5-13(17)6-4-12)9-19-8-7-18-15(20)10-19;1-11(2)16(20)15(10-18-8-7-14(19)9-18)12-3-5-13(17)6-4-12;1-9(2)15(19)14(8-18-10(3)4)11-5-12(16)7-13(17)6-11/h2*5-8,14,17-18H,9-13H2,1-4H3;6-8,10-11,13,18H,9H2,1-5H3;3-6,11,14H,7-10H2,1-2H3,(H,18,20);3-6,11,14-15,19H,7-10H2,1-2H3;5-7,9-10,14,18H,8H2,1-4H3/t2*18-;13-;14-;14-,15+;14-/m101011/s1. The summed E-state index contributed by atoms with van der Waals surface area (Å²) in [5, 5.41) is 22.1. The van der Waals surface area contributed by atoms with Gasteiger partial charge in [0, 0.05) is 150 Å². The maximum absolute atomic E-state index is 13.4. The summed E-state index contributed by atoms with van der Waals surface area (Å²) >= 11 is 33.2. The van der Waals surface area contributed by atoms with E-state index < -0.39 is 5.82 Å². The van der Waals surface area contributed by atoms with Crippen molar-refractivity contribution in [3.63, 3.8) is 0 Å².